The number of halogens is 2. The maximum Gasteiger partial charge on any atom is 0.247 e. The summed E-state index contributed by atoms with van der Waals surface area (Å²) in [5.41, 5.74) is 3.60. The van der Waals surface area contributed by atoms with Crippen LogP contribution in [0.15, 0.2) is 84.0 Å². The first-order valence-electron chi connectivity index (χ1n) is 17.5. The van der Waals surface area contributed by atoms with Gasteiger partial charge in [-0.15, -0.1) is 0 Å². The number of hydrogen-bond donors (Lipinski definition) is 7. The van der Waals surface area contributed by atoms with Crippen molar-refractivity contribution < 1.29 is 54.0 Å². The molecule has 2 aliphatic heterocycles. The minimum atomic E-state index is -1.46. The number of carbonyl (C=O) groups is 1. The highest BCUT2D eigenvalue weighted by Gasteiger charge is 2.53. The van der Waals surface area contributed by atoms with E-state index in [9.17, 15) is 30.3 Å². The SMILES string of the molecule is CC(=Cc1ccc(O[C@@H]2O[C@H](C(C)=CCOc3ccc(CNCc4cccc(Cl)c4)cc3Cl)[C@@H](O)[C@@H]2O)cc1)C(=O)N[C@@H]1[C@H](O)[C@@H](O)[C@H]2OCO[C@H]2[C@@H]1O. The van der Waals surface area contributed by atoms with E-state index in [4.69, 9.17) is 46.9 Å². The maximum atomic E-state index is 12.9. The van der Waals surface area contributed by atoms with Gasteiger partial charge in [-0.05, 0) is 84.7 Å². The summed E-state index contributed by atoms with van der Waals surface area (Å²) in [6.45, 7) is 4.60. The lowest BCUT2D eigenvalue weighted by atomic mass is 9.83. The Labute approximate surface area is 322 Å². The predicted octanol–water partition coefficient (Wildman–Crippen LogP) is 2.86. The molecule has 13 nitrogen and oxygen atoms in total. The van der Waals surface area contributed by atoms with Crippen molar-refractivity contribution in [1.29, 1.82) is 0 Å². The lowest BCUT2D eigenvalue weighted by Crippen LogP contribution is -2.67. The van der Waals surface area contributed by atoms with Gasteiger partial charge in [-0.1, -0.05) is 53.5 Å². The molecule has 54 heavy (non-hydrogen) atoms. The number of rotatable bonds is 13. The highest BCUT2D eigenvalue weighted by Crippen LogP contribution is 2.32. The topological polar surface area (TPSA) is 188 Å². The summed E-state index contributed by atoms with van der Waals surface area (Å²) in [6, 6.07) is 18.6. The number of amides is 1. The van der Waals surface area contributed by atoms with Crippen molar-refractivity contribution in [3.8, 4) is 11.5 Å². The van der Waals surface area contributed by atoms with Crippen LogP contribution < -0.4 is 20.1 Å². The molecule has 3 aliphatic rings. The Bertz CT molecular complexity index is 1830. The zero-order valence-corrected chi connectivity index (χ0v) is 31.1. The molecule has 0 bridgehead atoms. The van der Waals surface area contributed by atoms with Crippen molar-refractivity contribution in [1.82, 2.24) is 10.6 Å². The molecule has 1 saturated carbocycles. The fraction of sp³-hybridized carbons (Fsp3) is 0.410. The van der Waals surface area contributed by atoms with E-state index in [1.54, 1.807) is 56.3 Å². The van der Waals surface area contributed by atoms with Crippen LogP contribution in [0.25, 0.3) is 6.08 Å². The summed E-state index contributed by atoms with van der Waals surface area (Å²) in [5, 5.41) is 60.1. The molecule has 0 aromatic heterocycles. The van der Waals surface area contributed by atoms with E-state index in [-0.39, 0.29) is 19.0 Å². The summed E-state index contributed by atoms with van der Waals surface area (Å²) in [7, 11) is 0. The van der Waals surface area contributed by atoms with Gasteiger partial charge in [0.2, 0.25) is 12.2 Å². The predicted molar refractivity (Wildman–Crippen MR) is 199 cm³/mol. The van der Waals surface area contributed by atoms with E-state index in [1.165, 1.54) is 0 Å². The second kappa shape index (κ2) is 17.9. The van der Waals surface area contributed by atoms with E-state index in [2.05, 4.69) is 10.6 Å². The summed E-state index contributed by atoms with van der Waals surface area (Å²) in [6.07, 6.45) is -7.11. The van der Waals surface area contributed by atoms with Gasteiger partial charge in [0.25, 0.3) is 0 Å². The van der Waals surface area contributed by atoms with E-state index in [0.717, 1.165) is 11.1 Å². The quantitative estimate of drug-likeness (QED) is 0.0994. The molecule has 0 unspecified atom stereocenters. The summed E-state index contributed by atoms with van der Waals surface area (Å²) < 4.78 is 28.2. The molecule has 3 aromatic carbocycles. The molecule has 0 spiro atoms. The third kappa shape index (κ3) is 9.44. The normalized spacial score (nSPS) is 29.9. The summed E-state index contributed by atoms with van der Waals surface area (Å²) in [4.78, 5) is 12.9. The van der Waals surface area contributed by atoms with Gasteiger partial charge in [-0.25, -0.2) is 0 Å². The average molecular weight is 788 g/mol. The Balaban J connectivity index is 0.971. The number of benzene rings is 3. The van der Waals surface area contributed by atoms with Crippen molar-refractivity contribution in [3.63, 3.8) is 0 Å². The van der Waals surface area contributed by atoms with Gasteiger partial charge in [0, 0.05) is 23.7 Å². The smallest absolute Gasteiger partial charge is 0.247 e. The molecule has 10 atom stereocenters. The first kappa shape index (κ1) is 40.1. The molecule has 1 amide bonds. The van der Waals surface area contributed by atoms with Crippen LogP contribution in [-0.4, -0.2) is 106 Å². The van der Waals surface area contributed by atoms with E-state index < -0.39 is 67.1 Å². The van der Waals surface area contributed by atoms with Gasteiger partial charge in [-0.3, -0.25) is 4.79 Å². The number of aliphatic hydroxyl groups excluding tert-OH is 5. The van der Waals surface area contributed by atoms with Crippen LogP contribution in [0.4, 0.5) is 0 Å². The summed E-state index contributed by atoms with van der Waals surface area (Å²) in [5.74, 6) is 0.288. The summed E-state index contributed by atoms with van der Waals surface area (Å²) >= 11 is 12.5. The van der Waals surface area contributed by atoms with Crippen molar-refractivity contribution >= 4 is 35.2 Å². The highest BCUT2D eigenvalue weighted by molar-refractivity contribution is 6.32. The number of aliphatic hydroxyl groups is 5. The number of nitrogens with one attached hydrogen (secondary N) is 2. The minimum Gasteiger partial charge on any atom is -0.488 e. The lowest BCUT2D eigenvalue weighted by Gasteiger charge is -2.41. The van der Waals surface area contributed by atoms with Gasteiger partial charge in [0.05, 0.1) is 11.1 Å². The Morgan fingerprint density at radius 3 is 2.26 bits per heavy atom. The molecule has 2 saturated heterocycles. The van der Waals surface area contributed by atoms with Crippen molar-refractivity contribution in [2.24, 2.45) is 0 Å². The van der Waals surface area contributed by atoms with Crippen molar-refractivity contribution in [3.05, 3.63) is 111 Å². The minimum absolute atomic E-state index is 0.131. The molecule has 2 heterocycles. The Kier molecular flexibility index (Phi) is 13.3. The third-order valence-electron chi connectivity index (χ3n) is 9.63. The van der Waals surface area contributed by atoms with Crippen LogP contribution in [-0.2, 0) is 32.1 Å². The fourth-order valence-electron chi connectivity index (χ4n) is 6.58. The monoisotopic (exact) mass is 786 g/mol. The molecule has 15 heteroatoms. The lowest BCUT2D eigenvalue weighted by molar-refractivity contribution is -0.155. The zero-order valence-electron chi connectivity index (χ0n) is 29.5. The van der Waals surface area contributed by atoms with Crippen LogP contribution in [0.2, 0.25) is 10.0 Å². The first-order chi connectivity index (χ1) is 25.9. The Morgan fingerprint density at radius 2 is 1.56 bits per heavy atom. The molecular formula is C39H44Cl2N2O11. The van der Waals surface area contributed by atoms with Crippen LogP contribution in [0.1, 0.15) is 30.5 Å². The second-order valence-electron chi connectivity index (χ2n) is 13.5. The van der Waals surface area contributed by atoms with Crippen LogP contribution in [0.5, 0.6) is 11.5 Å². The van der Waals surface area contributed by atoms with E-state index in [1.807, 2.05) is 36.4 Å². The highest BCUT2D eigenvalue weighted by atomic mass is 35.5. The number of hydrogen-bond acceptors (Lipinski definition) is 12. The molecule has 3 fully saturated rings. The molecule has 1 aliphatic carbocycles. The van der Waals surface area contributed by atoms with Crippen LogP contribution >= 0.6 is 23.2 Å². The number of fused-ring (bicyclic) bond motifs is 1. The molecule has 3 aromatic rings. The Morgan fingerprint density at radius 1 is 0.852 bits per heavy atom. The van der Waals surface area contributed by atoms with Gasteiger partial charge in [0.15, 0.2) is 0 Å². The molecule has 290 valence electrons. The van der Waals surface area contributed by atoms with Crippen molar-refractivity contribution in [2.45, 2.75) is 88.1 Å². The van der Waals surface area contributed by atoms with Crippen LogP contribution in [0.3, 0.4) is 0 Å². The Hall–Kier alpha value is -3.57. The van der Waals surface area contributed by atoms with Gasteiger partial charge < -0.3 is 59.9 Å². The number of ether oxygens (including phenoxy) is 5. The van der Waals surface area contributed by atoms with Gasteiger partial charge in [-0.2, -0.15) is 0 Å². The molecule has 0 radical (unpaired) electrons. The van der Waals surface area contributed by atoms with E-state index >= 15 is 0 Å². The standard InChI is InChI=1S/C39H44Cl2N2O11/c1-20(12-13-50-28-11-8-24(16-27(28)41)18-42-17-23-4-3-5-25(40)15-23)35-33(47)34(48)39(54-35)53-26-9-6-22(7-10-26)14-21(2)38(49)43-29-30(44)32(46)37-36(31(29)45)51-19-52-37/h3-12,14-16,29-37,39,42,44-48H,13,17-19H2,1-2H3,(H,43,49)/t29-,30+,31-,32-,33+,34+,35-,36+,37-,39-/m1/s1. The average Bonchev–Trinajstić information content (AvgIpc) is 3.76. The fourth-order valence-corrected chi connectivity index (χ4v) is 7.05. The first-order valence-corrected chi connectivity index (χ1v) is 18.2. The third-order valence-corrected chi connectivity index (χ3v) is 10.2. The second-order valence-corrected chi connectivity index (χ2v) is 14.4. The molecular weight excluding hydrogens is 743 g/mol. The maximum absolute atomic E-state index is 12.9. The van der Waals surface area contributed by atoms with E-state index in [0.29, 0.717) is 45.8 Å². The van der Waals surface area contributed by atoms with Crippen molar-refractivity contribution in [2.75, 3.05) is 13.4 Å². The van der Waals surface area contributed by atoms with Crippen LogP contribution in [0, 0.1) is 0 Å². The largest absolute Gasteiger partial charge is 0.488 e. The van der Waals surface area contributed by atoms with Gasteiger partial charge >= 0.3 is 0 Å². The zero-order chi connectivity index (χ0) is 38.5. The van der Waals surface area contributed by atoms with Gasteiger partial charge in [0.1, 0.15) is 73.7 Å². The number of carbonyl (C=O) groups excluding carboxylic acids is 1. The molecule has 7 N–H and O–H groups in total. The molecule has 6 rings (SSSR count).